The maximum absolute atomic E-state index is 11.9. The molecule has 0 saturated heterocycles. The minimum absolute atomic E-state index is 0.0857. The van der Waals surface area contributed by atoms with E-state index in [9.17, 15) is 20.0 Å². The lowest BCUT2D eigenvalue weighted by Crippen LogP contribution is -2.05. The highest BCUT2D eigenvalue weighted by molar-refractivity contribution is 6.01. The molecule has 6 heteroatoms. The van der Waals surface area contributed by atoms with Crippen molar-refractivity contribution in [2.24, 2.45) is 0 Å². The average Bonchev–Trinajstić information content (AvgIpc) is 2.45. The van der Waals surface area contributed by atoms with Gasteiger partial charge in [-0.25, -0.2) is 4.79 Å². The van der Waals surface area contributed by atoms with E-state index in [1.165, 1.54) is 31.4 Å². The summed E-state index contributed by atoms with van der Waals surface area (Å²) in [6, 6.07) is 9.05. The summed E-state index contributed by atoms with van der Waals surface area (Å²) in [6.45, 7) is 1.72. The lowest BCUT2D eigenvalue weighted by Gasteiger charge is -2.11. The second-order valence-electron chi connectivity index (χ2n) is 4.47. The molecular formula is C15H13NO5. The number of ether oxygens (including phenoxy) is 1. The summed E-state index contributed by atoms with van der Waals surface area (Å²) in [6.07, 6.45) is 0. The number of nitrogens with zero attached hydrogens (tertiary/aromatic N) is 1. The van der Waals surface area contributed by atoms with Crippen molar-refractivity contribution in [3.63, 3.8) is 0 Å². The van der Waals surface area contributed by atoms with Crippen molar-refractivity contribution in [2.75, 3.05) is 7.11 Å². The number of para-hydroxylation sites is 1. The first-order valence-corrected chi connectivity index (χ1v) is 6.11. The number of hydrogen-bond donors (Lipinski definition) is 1. The van der Waals surface area contributed by atoms with Crippen LogP contribution in [0.4, 0.5) is 5.69 Å². The number of nitro groups is 1. The van der Waals surface area contributed by atoms with Crippen molar-refractivity contribution in [3.05, 3.63) is 57.6 Å². The first-order valence-electron chi connectivity index (χ1n) is 6.11. The number of esters is 1. The number of benzene rings is 2. The Hall–Kier alpha value is -2.89. The fraction of sp³-hybridized carbons (Fsp3) is 0.133. The maximum Gasteiger partial charge on any atom is 0.342 e. The highest BCUT2D eigenvalue weighted by Gasteiger charge is 2.23. The monoisotopic (exact) mass is 287 g/mol. The summed E-state index contributed by atoms with van der Waals surface area (Å²) in [5, 5.41) is 21.1. The Morgan fingerprint density at radius 1 is 1.24 bits per heavy atom. The number of nitro benzene ring substituents is 1. The van der Waals surface area contributed by atoms with Gasteiger partial charge in [0.15, 0.2) is 0 Å². The van der Waals surface area contributed by atoms with Crippen LogP contribution in [0.15, 0.2) is 36.4 Å². The number of phenolic OH excluding ortho intramolecular Hbond substituents is 1. The Morgan fingerprint density at radius 3 is 2.52 bits per heavy atom. The Morgan fingerprint density at radius 2 is 1.90 bits per heavy atom. The van der Waals surface area contributed by atoms with Crippen LogP contribution >= 0.6 is 0 Å². The van der Waals surface area contributed by atoms with Gasteiger partial charge in [-0.15, -0.1) is 0 Å². The average molecular weight is 287 g/mol. The van der Waals surface area contributed by atoms with E-state index < -0.39 is 10.9 Å². The van der Waals surface area contributed by atoms with E-state index in [0.717, 1.165) is 0 Å². The van der Waals surface area contributed by atoms with Gasteiger partial charge >= 0.3 is 5.97 Å². The molecule has 2 rings (SSSR count). The van der Waals surface area contributed by atoms with Gasteiger partial charge in [0.1, 0.15) is 11.3 Å². The summed E-state index contributed by atoms with van der Waals surface area (Å²) in [4.78, 5) is 22.5. The largest absolute Gasteiger partial charge is 0.507 e. The molecule has 0 saturated carbocycles. The van der Waals surface area contributed by atoms with Gasteiger partial charge in [-0.05, 0) is 24.6 Å². The van der Waals surface area contributed by atoms with Crippen LogP contribution in [0, 0.1) is 17.0 Å². The Balaban J connectivity index is 2.80. The second kappa shape index (κ2) is 5.62. The topological polar surface area (TPSA) is 89.7 Å². The third kappa shape index (κ3) is 2.69. The molecule has 0 aliphatic heterocycles. The van der Waals surface area contributed by atoms with Gasteiger partial charge in [0.2, 0.25) is 0 Å². The van der Waals surface area contributed by atoms with Crippen LogP contribution in [0.25, 0.3) is 11.1 Å². The number of aryl methyl sites for hydroxylation is 1. The van der Waals surface area contributed by atoms with Gasteiger partial charge in [-0.3, -0.25) is 10.1 Å². The third-order valence-electron chi connectivity index (χ3n) is 3.04. The number of carbonyl (C=O) groups excluding carboxylic acids is 1. The van der Waals surface area contributed by atoms with Crippen LogP contribution in [0.2, 0.25) is 0 Å². The third-order valence-corrected chi connectivity index (χ3v) is 3.04. The fourth-order valence-electron chi connectivity index (χ4n) is 2.16. The summed E-state index contributed by atoms with van der Waals surface area (Å²) in [5.74, 6) is -1.02. The van der Waals surface area contributed by atoms with Gasteiger partial charge in [0.05, 0.1) is 17.6 Å². The smallest absolute Gasteiger partial charge is 0.342 e. The lowest BCUT2D eigenvalue weighted by atomic mass is 9.95. The number of aromatic hydroxyl groups is 1. The molecule has 0 aliphatic carbocycles. The quantitative estimate of drug-likeness (QED) is 0.532. The van der Waals surface area contributed by atoms with Crippen LogP contribution < -0.4 is 0 Å². The van der Waals surface area contributed by atoms with Crippen LogP contribution in [0.5, 0.6) is 5.75 Å². The van der Waals surface area contributed by atoms with Gasteiger partial charge in [0.25, 0.3) is 5.69 Å². The molecule has 0 unspecified atom stereocenters. The van der Waals surface area contributed by atoms with Gasteiger partial charge in [0, 0.05) is 11.6 Å². The fourth-order valence-corrected chi connectivity index (χ4v) is 2.16. The van der Waals surface area contributed by atoms with Gasteiger partial charge < -0.3 is 9.84 Å². The predicted octanol–water partition coefficient (Wildman–Crippen LogP) is 3.06. The van der Waals surface area contributed by atoms with Crippen LogP contribution in [-0.2, 0) is 4.74 Å². The van der Waals surface area contributed by atoms with E-state index in [1.807, 2.05) is 0 Å². The van der Waals surface area contributed by atoms with Crippen molar-refractivity contribution in [1.29, 1.82) is 0 Å². The Bertz CT molecular complexity index is 724. The van der Waals surface area contributed by atoms with E-state index in [1.54, 1.807) is 19.1 Å². The molecule has 2 aromatic rings. The molecule has 0 heterocycles. The first-order chi connectivity index (χ1) is 9.95. The molecule has 0 radical (unpaired) electrons. The lowest BCUT2D eigenvalue weighted by molar-refractivity contribution is -0.384. The van der Waals surface area contributed by atoms with Crippen LogP contribution in [-0.4, -0.2) is 23.1 Å². The molecule has 0 aromatic heterocycles. The van der Waals surface area contributed by atoms with Crippen molar-refractivity contribution in [1.82, 2.24) is 0 Å². The molecule has 21 heavy (non-hydrogen) atoms. The zero-order valence-corrected chi connectivity index (χ0v) is 11.5. The molecule has 0 aliphatic rings. The highest BCUT2D eigenvalue weighted by atomic mass is 16.6. The molecule has 0 bridgehead atoms. The molecule has 2 aromatic carbocycles. The maximum atomic E-state index is 11.9. The Kier molecular flexibility index (Phi) is 3.89. The summed E-state index contributed by atoms with van der Waals surface area (Å²) in [7, 11) is 1.19. The van der Waals surface area contributed by atoms with E-state index in [2.05, 4.69) is 4.74 Å². The van der Waals surface area contributed by atoms with Crippen LogP contribution in [0.3, 0.4) is 0 Å². The highest BCUT2D eigenvalue weighted by Crippen LogP contribution is 2.36. The van der Waals surface area contributed by atoms with Crippen molar-refractivity contribution in [3.8, 4) is 16.9 Å². The van der Waals surface area contributed by atoms with E-state index in [0.29, 0.717) is 5.56 Å². The molecule has 0 spiro atoms. The first kappa shape index (κ1) is 14.5. The minimum Gasteiger partial charge on any atom is -0.507 e. The van der Waals surface area contributed by atoms with Gasteiger partial charge in [-0.2, -0.15) is 0 Å². The van der Waals surface area contributed by atoms with E-state index in [-0.39, 0.29) is 28.1 Å². The number of hydrogen-bond acceptors (Lipinski definition) is 5. The van der Waals surface area contributed by atoms with E-state index in [4.69, 9.17) is 0 Å². The van der Waals surface area contributed by atoms with Crippen molar-refractivity contribution < 1.29 is 19.6 Å². The number of carbonyl (C=O) groups is 1. The number of rotatable bonds is 3. The molecule has 1 N–H and O–H groups in total. The van der Waals surface area contributed by atoms with Crippen molar-refractivity contribution >= 4 is 11.7 Å². The van der Waals surface area contributed by atoms with E-state index >= 15 is 0 Å². The zero-order valence-electron chi connectivity index (χ0n) is 11.5. The standard InChI is InChI=1S/C15H13NO5/c1-9-7-11(14(13(17)8-9)15(18)21-2)10-5-3-4-6-12(10)16(19)20/h3-8,17H,1-2H3. The molecule has 108 valence electrons. The summed E-state index contributed by atoms with van der Waals surface area (Å²) >= 11 is 0. The molecule has 0 fully saturated rings. The Labute approximate surface area is 120 Å². The number of phenols is 1. The SMILES string of the molecule is COC(=O)c1c(O)cc(C)cc1-c1ccccc1[N+](=O)[O-]. The zero-order chi connectivity index (χ0) is 15.6. The van der Waals surface area contributed by atoms with Crippen LogP contribution in [0.1, 0.15) is 15.9 Å². The molecule has 0 atom stereocenters. The van der Waals surface area contributed by atoms with Crippen molar-refractivity contribution in [2.45, 2.75) is 6.92 Å². The summed E-state index contributed by atoms with van der Waals surface area (Å²) in [5.41, 5.74) is 0.965. The number of methoxy groups -OCH3 is 1. The molecule has 6 nitrogen and oxygen atoms in total. The predicted molar refractivity (Wildman–Crippen MR) is 76.3 cm³/mol. The van der Waals surface area contributed by atoms with Gasteiger partial charge in [-0.1, -0.05) is 18.2 Å². The molecule has 0 amide bonds. The molecular weight excluding hydrogens is 274 g/mol. The summed E-state index contributed by atoms with van der Waals surface area (Å²) < 4.78 is 4.65. The second-order valence-corrected chi connectivity index (χ2v) is 4.47. The minimum atomic E-state index is -0.749. The normalized spacial score (nSPS) is 10.2.